The van der Waals surface area contributed by atoms with Crippen LogP contribution in [0.25, 0.3) is 0 Å². The summed E-state index contributed by atoms with van der Waals surface area (Å²) in [6.45, 7) is 0.830. The number of nitrogens with two attached hydrogens (primary N) is 1. The molecule has 172 valence electrons. The molecule has 6 nitrogen and oxygen atoms in total. The first-order valence-corrected chi connectivity index (χ1v) is 12.0. The van der Waals surface area contributed by atoms with Gasteiger partial charge in [0.05, 0.1) is 0 Å². The third kappa shape index (κ3) is 4.85. The van der Waals surface area contributed by atoms with E-state index in [0.29, 0.717) is 23.8 Å². The standard InChI is InChI=1S/C28H22N4O2S/c29-17-21-10-7-19(8-11-21)6-9-20-12-13-23-18-32(27(34)24(23)16-20)25(22-4-2-1-3-5-22)26(33)31-28-30-14-15-35-28/h1-5,7-8,10-16,25H,17-18,29H2,(H,30,31,33)/t25-/m1/s1. The van der Waals surface area contributed by atoms with Crippen molar-refractivity contribution in [2.75, 3.05) is 5.32 Å². The minimum absolute atomic E-state index is 0.195. The van der Waals surface area contributed by atoms with E-state index in [1.54, 1.807) is 22.5 Å². The Bertz CT molecular complexity index is 1420. The van der Waals surface area contributed by atoms with E-state index in [-0.39, 0.29) is 11.8 Å². The highest BCUT2D eigenvalue weighted by Crippen LogP contribution is 2.33. The summed E-state index contributed by atoms with van der Waals surface area (Å²) in [4.78, 5) is 32.5. The molecular formula is C28H22N4O2S. The first-order valence-electron chi connectivity index (χ1n) is 11.1. The van der Waals surface area contributed by atoms with Gasteiger partial charge in [-0.1, -0.05) is 60.4 Å². The molecule has 0 radical (unpaired) electrons. The van der Waals surface area contributed by atoms with Gasteiger partial charge in [0.1, 0.15) is 6.04 Å². The second-order valence-electron chi connectivity index (χ2n) is 8.10. The Morgan fingerprint density at radius 1 is 1.06 bits per heavy atom. The van der Waals surface area contributed by atoms with E-state index in [1.807, 2.05) is 66.7 Å². The van der Waals surface area contributed by atoms with Crippen molar-refractivity contribution < 1.29 is 9.59 Å². The molecule has 1 aromatic heterocycles. The molecule has 1 aliphatic rings. The van der Waals surface area contributed by atoms with Crippen LogP contribution in [0.4, 0.5) is 5.13 Å². The minimum Gasteiger partial charge on any atom is -0.326 e. The Labute approximate surface area is 207 Å². The highest BCUT2D eigenvalue weighted by atomic mass is 32.1. The average Bonchev–Trinajstić information content (AvgIpc) is 3.52. The monoisotopic (exact) mass is 478 g/mol. The lowest BCUT2D eigenvalue weighted by Crippen LogP contribution is -2.37. The number of anilines is 1. The SMILES string of the molecule is NCc1ccc(C#Cc2ccc3c(c2)C(=O)N([C@@H](C(=O)Nc2nccs2)c2ccccc2)C3)cc1. The van der Waals surface area contributed by atoms with Crippen molar-refractivity contribution in [2.45, 2.75) is 19.1 Å². The fourth-order valence-electron chi connectivity index (χ4n) is 4.05. The number of carbonyl (C=O) groups is 2. The molecule has 0 fully saturated rings. The molecule has 1 atom stereocenters. The summed E-state index contributed by atoms with van der Waals surface area (Å²) < 4.78 is 0. The van der Waals surface area contributed by atoms with Gasteiger partial charge in [-0.3, -0.25) is 14.9 Å². The molecule has 0 saturated carbocycles. The van der Waals surface area contributed by atoms with E-state index in [4.69, 9.17) is 5.73 Å². The third-order valence-corrected chi connectivity index (χ3v) is 6.51. The topological polar surface area (TPSA) is 88.3 Å². The van der Waals surface area contributed by atoms with Crippen molar-refractivity contribution in [1.82, 2.24) is 9.88 Å². The summed E-state index contributed by atoms with van der Waals surface area (Å²) in [7, 11) is 0. The van der Waals surface area contributed by atoms with E-state index >= 15 is 0 Å². The molecule has 0 unspecified atom stereocenters. The van der Waals surface area contributed by atoms with E-state index in [1.165, 1.54) is 11.3 Å². The lowest BCUT2D eigenvalue weighted by molar-refractivity contribution is -0.120. The van der Waals surface area contributed by atoms with Crippen molar-refractivity contribution in [3.05, 3.63) is 118 Å². The summed E-state index contributed by atoms with van der Waals surface area (Å²) in [6, 6.07) is 21.9. The number of aromatic nitrogens is 1. The highest BCUT2D eigenvalue weighted by Gasteiger charge is 2.37. The van der Waals surface area contributed by atoms with Crippen LogP contribution in [0.3, 0.4) is 0 Å². The smallest absolute Gasteiger partial charge is 0.255 e. The van der Waals surface area contributed by atoms with Crippen LogP contribution >= 0.6 is 11.3 Å². The van der Waals surface area contributed by atoms with Gasteiger partial charge in [-0.2, -0.15) is 0 Å². The summed E-state index contributed by atoms with van der Waals surface area (Å²) in [5, 5.41) is 5.14. The second-order valence-corrected chi connectivity index (χ2v) is 8.99. The number of benzene rings is 3. The number of fused-ring (bicyclic) bond motifs is 1. The van der Waals surface area contributed by atoms with Crippen LogP contribution < -0.4 is 11.1 Å². The van der Waals surface area contributed by atoms with Gasteiger partial charge >= 0.3 is 0 Å². The number of hydrogen-bond acceptors (Lipinski definition) is 5. The fourth-order valence-corrected chi connectivity index (χ4v) is 4.58. The van der Waals surface area contributed by atoms with Crippen molar-refractivity contribution in [3.63, 3.8) is 0 Å². The van der Waals surface area contributed by atoms with Crippen molar-refractivity contribution in [2.24, 2.45) is 5.73 Å². The first kappa shape index (κ1) is 22.5. The van der Waals surface area contributed by atoms with E-state index in [2.05, 4.69) is 22.1 Å². The van der Waals surface area contributed by atoms with E-state index in [0.717, 1.165) is 27.8 Å². The summed E-state index contributed by atoms with van der Waals surface area (Å²) in [5.41, 5.74) is 10.5. The van der Waals surface area contributed by atoms with Crippen molar-refractivity contribution in [1.29, 1.82) is 0 Å². The zero-order valence-corrected chi connectivity index (χ0v) is 19.6. The zero-order valence-electron chi connectivity index (χ0n) is 18.8. The molecule has 1 aliphatic heterocycles. The van der Waals surface area contributed by atoms with Gasteiger partial charge in [-0.15, -0.1) is 11.3 Å². The number of rotatable bonds is 5. The predicted octanol–water partition coefficient (Wildman–Crippen LogP) is 4.34. The fraction of sp³-hybridized carbons (Fsp3) is 0.107. The number of amides is 2. The first-order chi connectivity index (χ1) is 17.1. The number of nitrogens with zero attached hydrogens (tertiary/aromatic N) is 2. The maximum absolute atomic E-state index is 13.5. The van der Waals surface area contributed by atoms with E-state index in [9.17, 15) is 9.59 Å². The largest absolute Gasteiger partial charge is 0.326 e. The van der Waals surface area contributed by atoms with Gasteiger partial charge in [-0.05, 0) is 41.0 Å². The molecule has 2 amide bonds. The maximum Gasteiger partial charge on any atom is 0.255 e. The quantitative estimate of drug-likeness (QED) is 0.418. The molecule has 2 heterocycles. The normalized spacial score (nSPS) is 13.1. The minimum atomic E-state index is -0.782. The number of carbonyl (C=O) groups excluding carboxylic acids is 2. The van der Waals surface area contributed by atoms with Crippen molar-refractivity contribution in [3.8, 4) is 11.8 Å². The predicted molar refractivity (Wildman–Crippen MR) is 137 cm³/mol. The number of nitrogens with one attached hydrogen (secondary N) is 1. The molecule has 0 saturated heterocycles. The summed E-state index contributed by atoms with van der Waals surface area (Å²) >= 11 is 1.33. The highest BCUT2D eigenvalue weighted by molar-refractivity contribution is 7.13. The van der Waals surface area contributed by atoms with Crippen LogP contribution in [-0.4, -0.2) is 21.7 Å². The average molecular weight is 479 g/mol. The molecule has 3 aromatic carbocycles. The van der Waals surface area contributed by atoms with Crippen molar-refractivity contribution >= 4 is 28.3 Å². The van der Waals surface area contributed by atoms with Gasteiger partial charge in [0.2, 0.25) is 0 Å². The Hall–Kier alpha value is -4.25. The molecule has 35 heavy (non-hydrogen) atoms. The lowest BCUT2D eigenvalue weighted by Gasteiger charge is -2.27. The summed E-state index contributed by atoms with van der Waals surface area (Å²) in [6.07, 6.45) is 1.63. The molecule has 7 heteroatoms. The van der Waals surface area contributed by atoms with Crippen LogP contribution in [0.15, 0.2) is 84.4 Å². The van der Waals surface area contributed by atoms with Gasteiger partial charge in [0.15, 0.2) is 5.13 Å². The molecule has 0 spiro atoms. The second kappa shape index (κ2) is 9.94. The Morgan fingerprint density at radius 3 is 2.51 bits per heavy atom. The summed E-state index contributed by atoms with van der Waals surface area (Å²) in [5.74, 6) is 5.78. The maximum atomic E-state index is 13.5. The zero-order chi connectivity index (χ0) is 24.2. The molecule has 4 aromatic rings. The molecule has 0 aliphatic carbocycles. The third-order valence-electron chi connectivity index (χ3n) is 5.82. The lowest BCUT2D eigenvalue weighted by atomic mass is 10.0. The van der Waals surface area contributed by atoms with Crippen LogP contribution in [-0.2, 0) is 17.9 Å². The van der Waals surface area contributed by atoms with E-state index < -0.39 is 6.04 Å². The number of hydrogen-bond donors (Lipinski definition) is 2. The van der Waals surface area contributed by atoms with Gasteiger partial charge in [0, 0.05) is 41.4 Å². The van der Waals surface area contributed by atoms with Gasteiger partial charge < -0.3 is 10.6 Å². The van der Waals surface area contributed by atoms with Crippen LogP contribution in [0, 0.1) is 11.8 Å². The Kier molecular flexibility index (Phi) is 6.40. The van der Waals surface area contributed by atoms with Crippen LogP contribution in [0.2, 0.25) is 0 Å². The Morgan fingerprint density at radius 2 is 1.80 bits per heavy atom. The molecule has 3 N–H and O–H groups in total. The Balaban J connectivity index is 1.42. The van der Waals surface area contributed by atoms with Crippen LogP contribution in [0.1, 0.15) is 44.2 Å². The molecular weight excluding hydrogens is 456 g/mol. The van der Waals surface area contributed by atoms with Gasteiger partial charge in [-0.25, -0.2) is 4.98 Å². The van der Waals surface area contributed by atoms with Gasteiger partial charge in [0.25, 0.3) is 11.8 Å². The molecule has 5 rings (SSSR count). The molecule has 0 bridgehead atoms. The van der Waals surface area contributed by atoms with Crippen LogP contribution in [0.5, 0.6) is 0 Å². The number of thiazole rings is 1.